The smallest absolute Gasteiger partial charge is 0.131 e. The maximum absolute atomic E-state index is 3.93. The Kier molecular flexibility index (Phi) is 1.66. The van der Waals surface area contributed by atoms with E-state index in [1.165, 1.54) is 0 Å². The SMILES string of the molecule is Cc1nnc(C2=CC=CC2)nn1. The molecule has 1 aromatic heterocycles. The largest absolute Gasteiger partial charge is 0.199 e. The van der Waals surface area contributed by atoms with Gasteiger partial charge in [0.25, 0.3) is 0 Å². The first-order valence-electron chi connectivity index (χ1n) is 3.76. The van der Waals surface area contributed by atoms with Crippen LogP contribution in [0.2, 0.25) is 0 Å². The molecule has 0 saturated carbocycles. The highest BCUT2D eigenvalue weighted by molar-refractivity contribution is 5.65. The Hall–Kier alpha value is -1.58. The lowest BCUT2D eigenvalue weighted by Crippen LogP contribution is -2.00. The first-order chi connectivity index (χ1) is 5.86. The molecule has 1 heterocycles. The maximum Gasteiger partial charge on any atom is 0.199 e. The lowest BCUT2D eigenvalue weighted by molar-refractivity contribution is 0.787. The maximum atomic E-state index is 3.93. The Bertz CT molecular complexity index is 337. The second-order valence-corrected chi connectivity index (χ2v) is 2.60. The summed E-state index contributed by atoms with van der Waals surface area (Å²) >= 11 is 0. The van der Waals surface area contributed by atoms with Crippen molar-refractivity contribution in [3.05, 3.63) is 29.9 Å². The fraction of sp³-hybridized carbons (Fsp3) is 0.250. The molecule has 0 radical (unpaired) electrons. The highest BCUT2D eigenvalue weighted by Crippen LogP contribution is 2.17. The van der Waals surface area contributed by atoms with E-state index in [0.29, 0.717) is 11.6 Å². The van der Waals surface area contributed by atoms with Gasteiger partial charge in [-0.25, -0.2) is 0 Å². The number of nitrogens with zero attached hydrogens (tertiary/aromatic N) is 4. The quantitative estimate of drug-likeness (QED) is 0.613. The summed E-state index contributed by atoms with van der Waals surface area (Å²) in [6, 6.07) is 0. The molecule has 1 aliphatic rings. The van der Waals surface area contributed by atoms with Gasteiger partial charge in [-0.05, 0) is 13.3 Å². The van der Waals surface area contributed by atoms with Gasteiger partial charge in [0.2, 0.25) is 0 Å². The number of aryl methyl sites for hydroxylation is 1. The van der Waals surface area contributed by atoms with E-state index in [1.807, 2.05) is 12.2 Å². The molecule has 0 aliphatic heterocycles. The molecule has 0 amide bonds. The highest BCUT2D eigenvalue weighted by Gasteiger charge is 2.06. The summed E-state index contributed by atoms with van der Waals surface area (Å²) in [7, 11) is 0. The zero-order chi connectivity index (χ0) is 8.39. The van der Waals surface area contributed by atoms with E-state index in [1.54, 1.807) is 6.92 Å². The fourth-order valence-electron chi connectivity index (χ4n) is 1.02. The standard InChI is InChI=1S/C8H8N4/c1-6-9-11-8(12-10-6)7-4-2-3-5-7/h2-4H,5H2,1H3. The van der Waals surface area contributed by atoms with E-state index in [4.69, 9.17) is 0 Å². The van der Waals surface area contributed by atoms with Crippen LogP contribution in [0.3, 0.4) is 0 Å². The third kappa shape index (κ3) is 1.23. The third-order valence-electron chi connectivity index (χ3n) is 1.64. The second-order valence-electron chi connectivity index (χ2n) is 2.60. The van der Waals surface area contributed by atoms with Gasteiger partial charge in [0.05, 0.1) is 0 Å². The van der Waals surface area contributed by atoms with Crippen molar-refractivity contribution in [1.82, 2.24) is 20.4 Å². The van der Waals surface area contributed by atoms with E-state index in [2.05, 4.69) is 26.5 Å². The zero-order valence-electron chi connectivity index (χ0n) is 6.73. The van der Waals surface area contributed by atoms with Gasteiger partial charge in [-0.1, -0.05) is 18.2 Å². The van der Waals surface area contributed by atoms with Crippen LogP contribution in [0.5, 0.6) is 0 Å². The van der Waals surface area contributed by atoms with Gasteiger partial charge in [-0.15, -0.1) is 20.4 Å². The predicted molar refractivity (Wildman–Crippen MR) is 44.1 cm³/mol. The van der Waals surface area contributed by atoms with Crippen LogP contribution in [0.25, 0.3) is 5.57 Å². The summed E-state index contributed by atoms with van der Waals surface area (Å²) in [5.74, 6) is 1.23. The average Bonchev–Trinajstić information content (AvgIpc) is 2.58. The normalized spacial score (nSPS) is 14.9. The minimum absolute atomic E-state index is 0.602. The van der Waals surface area contributed by atoms with Gasteiger partial charge in [0, 0.05) is 5.57 Å². The highest BCUT2D eigenvalue weighted by atomic mass is 15.3. The Morgan fingerprint density at radius 2 is 1.92 bits per heavy atom. The Balaban J connectivity index is 2.30. The molecule has 1 aliphatic carbocycles. The van der Waals surface area contributed by atoms with Gasteiger partial charge in [0.1, 0.15) is 0 Å². The molecule has 0 unspecified atom stereocenters. The number of rotatable bonds is 1. The molecule has 60 valence electrons. The van der Waals surface area contributed by atoms with Crippen molar-refractivity contribution in [2.75, 3.05) is 0 Å². The molecule has 0 saturated heterocycles. The average molecular weight is 160 g/mol. The van der Waals surface area contributed by atoms with Crippen LogP contribution in [-0.2, 0) is 0 Å². The van der Waals surface area contributed by atoms with E-state index in [9.17, 15) is 0 Å². The minimum Gasteiger partial charge on any atom is -0.131 e. The summed E-state index contributed by atoms with van der Waals surface area (Å²) in [6.07, 6.45) is 6.90. The van der Waals surface area contributed by atoms with E-state index >= 15 is 0 Å². The summed E-state index contributed by atoms with van der Waals surface area (Å²) in [4.78, 5) is 0. The topological polar surface area (TPSA) is 51.6 Å². The molecular formula is C8H8N4. The summed E-state index contributed by atoms with van der Waals surface area (Å²) < 4.78 is 0. The molecule has 0 atom stereocenters. The van der Waals surface area contributed by atoms with Crippen molar-refractivity contribution in [1.29, 1.82) is 0 Å². The first-order valence-corrected chi connectivity index (χ1v) is 3.76. The molecule has 12 heavy (non-hydrogen) atoms. The molecule has 1 aromatic rings. The summed E-state index contributed by atoms with van der Waals surface area (Å²) in [5.41, 5.74) is 1.08. The Morgan fingerprint density at radius 3 is 2.50 bits per heavy atom. The fourth-order valence-corrected chi connectivity index (χ4v) is 1.02. The van der Waals surface area contributed by atoms with Gasteiger partial charge in [-0.3, -0.25) is 0 Å². The van der Waals surface area contributed by atoms with Crippen LogP contribution in [0.1, 0.15) is 18.1 Å². The van der Waals surface area contributed by atoms with E-state index in [-0.39, 0.29) is 0 Å². The van der Waals surface area contributed by atoms with Crippen molar-refractivity contribution in [2.24, 2.45) is 0 Å². The van der Waals surface area contributed by atoms with Crippen LogP contribution in [-0.4, -0.2) is 20.4 Å². The van der Waals surface area contributed by atoms with E-state index < -0.39 is 0 Å². The van der Waals surface area contributed by atoms with Crippen LogP contribution in [0.4, 0.5) is 0 Å². The van der Waals surface area contributed by atoms with Crippen LogP contribution >= 0.6 is 0 Å². The monoisotopic (exact) mass is 160 g/mol. The molecule has 0 spiro atoms. The molecule has 2 rings (SSSR count). The number of allylic oxidation sites excluding steroid dienone is 4. The van der Waals surface area contributed by atoms with Crippen molar-refractivity contribution in [3.8, 4) is 0 Å². The van der Waals surface area contributed by atoms with Gasteiger partial charge in [0.15, 0.2) is 11.6 Å². The number of hydrogen-bond donors (Lipinski definition) is 0. The molecule has 4 nitrogen and oxygen atoms in total. The van der Waals surface area contributed by atoms with E-state index in [0.717, 1.165) is 12.0 Å². The van der Waals surface area contributed by atoms with Crippen molar-refractivity contribution < 1.29 is 0 Å². The zero-order valence-corrected chi connectivity index (χ0v) is 6.73. The second kappa shape index (κ2) is 2.81. The van der Waals surface area contributed by atoms with Crippen LogP contribution in [0.15, 0.2) is 18.2 Å². The molecule has 4 heteroatoms. The molecule has 0 bridgehead atoms. The van der Waals surface area contributed by atoms with Gasteiger partial charge in [-0.2, -0.15) is 0 Å². The Labute approximate surface area is 70.1 Å². The number of hydrogen-bond acceptors (Lipinski definition) is 4. The molecule has 0 fully saturated rings. The summed E-state index contributed by atoms with van der Waals surface area (Å²) in [6.45, 7) is 1.77. The molecule has 0 aromatic carbocycles. The third-order valence-corrected chi connectivity index (χ3v) is 1.64. The first kappa shape index (κ1) is 7.09. The lowest BCUT2D eigenvalue weighted by atomic mass is 10.2. The Morgan fingerprint density at radius 1 is 1.17 bits per heavy atom. The summed E-state index contributed by atoms with van der Waals surface area (Å²) in [5, 5.41) is 15.5. The molecular weight excluding hydrogens is 152 g/mol. The van der Waals surface area contributed by atoms with Crippen LogP contribution < -0.4 is 0 Å². The minimum atomic E-state index is 0.602. The lowest BCUT2D eigenvalue weighted by Gasteiger charge is -1.96. The number of aromatic nitrogens is 4. The van der Waals surface area contributed by atoms with Gasteiger partial charge < -0.3 is 0 Å². The van der Waals surface area contributed by atoms with Crippen molar-refractivity contribution >= 4 is 5.57 Å². The molecule has 0 N–H and O–H groups in total. The van der Waals surface area contributed by atoms with Crippen molar-refractivity contribution in [3.63, 3.8) is 0 Å². The van der Waals surface area contributed by atoms with Crippen molar-refractivity contribution in [2.45, 2.75) is 13.3 Å². The predicted octanol–water partition coefficient (Wildman–Crippen LogP) is 0.918. The van der Waals surface area contributed by atoms with Gasteiger partial charge >= 0.3 is 0 Å². The van der Waals surface area contributed by atoms with Crippen LogP contribution in [0, 0.1) is 6.92 Å².